The summed E-state index contributed by atoms with van der Waals surface area (Å²) in [6.45, 7) is 2.34. The van der Waals surface area contributed by atoms with Crippen molar-refractivity contribution in [3.8, 4) is 5.75 Å². The Balaban J connectivity index is 1.65. The zero-order chi connectivity index (χ0) is 16.3. The van der Waals surface area contributed by atoms with Crippen molar-refractivity contribution in [2.24, 2.45) is 5.73 Å². The Kier molecular flexibility index (Phi) is 7.60. The topological polar surface area (TPSA) is 64.7 Å². The lowest BCUT2D eigenvalue weighted by molar-refractivity contribution is 0.107. The van der Waals surface area contributed by atoms with Crippen molar-refractivity contribution in [3.05, 3.63) is 65.7 Å². The summed E-state index contributed by atoms with van der Waals surface area (Å²) >= 11 is 0. The largest absolute Gasteiger partial charge is 0.493 e. The lowest BCUT2D eigenvalue weighted by atomic mass is 10.1. The average Bonchev–Trinajstić information content (AvgIpc) is 2.59. The minimum atomic E-state index is -0.530. The highest BCUT2D eigenvalue weighted by molar-refractivity contribution is 5.29. The van der Waals surface area contributed by atoms with Crippen LogP contribution in [0.25, 0.3) is 0 Å². The van der Waals surface area contributed by atoms with Crippen LogP contribution in [0.3, 0.4) is 0 Å². The monoisotopic (exact) mass is 315 g/mol. The molecule has 0 radical (unpaired) electrons. The van der Waals surface area contributed by atoms with Gasteiger partial charge in [0.1, 0.15) is 5.75 Å². The number of hydrogen-bond acceptors (Lipinski definition) is 4. The highest BCUT2D eigenvalue weighted by atomic mass is 16.5. The first-order valence-corrected chi connectivity index (χ1v) is 8.02. The minimum Gasteiger partial charge on any atom is -0.493 e. The van der Waals surface area contributed by atoms with Crippen molar-refractivity contribution < 1.29 is 14.6 Å². The number of ether oxygens (including phenoxy) is 2. The molecule has 4 heteroatoms. The zero-order valence-corrected chi connectivity index (χ0v) is 13.4. The van der Waals surface area contributed by atoms with Crippen LogP contribution >= 0.6 is 0 Å². The SMILES string of the molecule is NCC[C@@H](O)c1cccc(OCCCOCc2ccccc2)c1. The Morgan fingerprint density at radius 3 is 2.61 bits per heavy atom. The van der Waals surface area contributed by atoms with E-state index in [2.05, 4.69) is 12.1 Å². The Hall–Kier alpha value is -1.88. The fraction of sp³-hybridized carbons (Fsp3) is 0.368. The zero-order valence-electron chi connectivity index (χ0n) is 13.4. The molecule has 1 atom stereocenters. The van der Waals surface area contributed by atoms with Crippen LogP contribution in [0.1, 0.15) is 30.1 Å². The molecule has 2 aromatic rings. The first-order chi connectivity index (χ1) is 11.3. The normalized spacial score (nSPS) is 12.1. The van der Waals surface area contributed by atoms with E-state index in [-0.39, 0.29) is 0 Å². The fourth-order valence-corrected chi connectivity index (χ4v) is 2.25. The molecule has 4 nitrogen and oxygen atoms in total. The second-order valence-corrected chi connectivity index (χ2v) is 5.41. The Morgan fingerprint density at radius 2 is 1.83 bits per heavy atom. The first kappa shape index (κ1) is 17.5. The quantitative estimate of drug-likeness (QED) is 0.661. The summed E-state index contributed by atoms with van der Waals surface area (Å²) in [5, 5.41) is 9.94. The molecule has 0 spiro atoms. The third-order valence-electron chi connectivity index (χ3n) is 3.50. The van der Waals surface area contributed by atoms with E-state index in [4.69, 9.17) is 15.2 Å². The molecule has 23 heavy (non-hydrogen) atoms. The van der Waals surface area contributed by atoms with Gasteiger partial charge < -0.3 is 20.3 Å². The molecule has 0 aliphatic rings. The summed E-state index contributed by atoms with van der Waals surface area (Å²) in [4.78, 5) is 0. The molecule has 0 saturated carbocycles. The van der Waals surface area contributed by atoms with Crippen LogP contribution in [-0.2, 0) is 11.3 Å². The van der Waals surface area contributed by atoms with E-state index < -0.39 is 6.10 Å². The average molecular weight is 315 g/mol. The van der Waals surface area contributed by atoms with Gasteiger partial charge >= 0.3 is 0 Å². The van der Waals surface area contributed by atoms with Crippen molar-refractivity contribution in [2.45, 2.75) is 25.6 Å². The predicted octanol–water partition coefficient (Wildman–Crippen LogP) is 3.05. The molecule has 124 valence electrons. The van der Waals surface area contributed by atoms with Crippen LogP contribution in [0.15, 0.2) is 54.6 Å². The van der Waals surface area contributed by atoms with Gasteiger partial charge in [-0.3, -0.25) is 0 Å². The van der Waals surface area contributed by atoms with Crippen LogP contribution in [0.4, 0.5) is 0 Å². The molecule has 0 heterocycles. The number of benzene rings is 2. The van der Waals surface area contributed by atoms with Crippen LogP contribution in [0.2, 0.25) is 0 Å². The standard InChI is InChI=1S/C19H25NO3/c20-11-10-19(21)17-8-4-9-18(14-17)23-13-5-12-22-15-16-6-2-1-3-7-16/h1-4,6-9,14,19,21H,5,10-13,15,20H2/t19-/m1/s1. The summed E-state index contributed by atoms with van der Waals surface area (Å²) < 4.78 is 11.3. The molecule has 0 aliphatic heterocycles. The third kappa shape index (κ3) is 6.40. The van der Waals surface area contributed by atoms with Gasteiger partial charge in [0.15, 0.2) is 0 Å². The first-order valence-electron chi connectivity index (χ1n) is 8.02. The van der Waals surface area contributed by atoms with E-state index in [0.29, 0.717) is 32.8 Å². The van der Waals surface area contributed by atoms with Crippen molar-refractivity contribution in [2.75, 3.05) is 19.8 Å². The number of aliphatic hydroxyl groups excluding tert-OH is 1. The molecule has 0 aliphatic carbocycles. The van der Waals surface area contributed by atoms with Gasteiger partial charge in [0.25, 0.3) is 0 Å². The lowest BCUT2D eigenvalue weighted by Crippen LogP contribution is -2.07. The smallest absolute Gasteiger partial charge is 0.119 e. The lowest BCUT2D eigenvalue weighted by Gasteiger charge is -2.12. The van der Waals surface area contributed by atoms with Gasteiger partial charge in [0, 0.05) is 6.42 Å². The van der Waals surface area contributed by atoms with E-state index >= 15 is 0 Å². The van der Waals surface area contributed by atoms with Crippen molar-refractivity contribution in [1.29, 1.82) is 0 Å². The van der Waals surface area contributed by atoms with Gasteiger partial charge in [-0.1, -0.05) is 42.5 Å². The van der Waals surface area contributed by atoms with Gasteiger partial charge in [-0.15, -0.1) is 0 Å². The molecule has 0 unspecified atom stereocenters. The molecular weight excluding hydrogens is 290 g/mol. The second kappa shape index (κ2) is 10.0. The molecule has 0 bridgehead atoms. The summed E-state index contributed by atoms with van der Waals surface area (Å²) in [5.74, 6) is 0.765. The van der Waals surface area contributed by atoms with Crippen molar-refractivity contribution in [1.82, 2.24) is 0 Å². The summed E-state index contributed by atoms with van der Waals surface area (Å²) in [6.07, 6.45) is 0.844. The maximum atomic E-state index is 9.94. The van der Waals surface area contributed by atoms with Crippen LogP contribution in [0, 0.1) is 0 Å². The number of aliphatic hydroxyl groups is 1. The molecule has 2 aromatic carbocycles. The maximum absolute atomic E-state index is 9.94. The van der Waals surface area contributed by atoms with E-state index in [1.165, 1.54) is 5.56 Å². The van der Waals surface area contributed by atoms with Gasteiger partial charge in [0.05, 0.1) is 25.9 Å². The molecule has 0 saturated heterocycles. The molecule has 3 N–H and O–H groups in total. The van der Waals surface area contributed by atoms with E-state index in [9.17, 15) is 5.11 Å². The second-order valence-electron chi connectivity index (χ2n) is 5.41. The number of nitrogens with two attached hydrogens (primary N) is 1. The Bertz CT molecular complexity index is 560. The van der Waals surface area contributed by atoms with Gasteiger partial charge in [0.2, 0.25) is 0 Å². The van der Waals surface area contributed by atoms with Gasteiger partial charge in [-0.2, -0.15) is 0 Å². The summed E-state index contributed by atoms with van der Waals surface area (Å²) in [6, 6.07) is 17.6. The predicted molar refractivity (Wildman–Crippen MR) is 91.3 cm³/mol. The van der Waals surface area contributed by atoms with Gasteiger partial charge in [-0.05, 0) is 36.2 Å². The van der Waals surface area contributed by atoms with Crippen molar-refractivity contribution >= 4 is 0 Å². The van der Waals surface area contributed by atoms with Crippen LogP contribution in [0.5, 0.6) is 5.75 Å². The summed E-state index contributed by atoms with van der Waals surface area (Å²) in [5.41, 5.74) is 7.49. The summed E-state index contributed by atoms with van der Waals surface area (Å²) in [7, 11) is 0. The number of rotatable bonds is 10. The fourth-order valence-electron chi connectivity index (χ4n) is 2.25. The highest BCUT2D eigenvalue weighted by Crippen LogP contribution is 2.21. The molecule has 2 rings (SSSR count). The molecule has 0 amide bonds. The third-order valence-corrected chi connectivity index (χ3v) is 3.50. The van der Waals surface area contributed by atoms with Gasteiger partial charge in [-0.25, -0.2) is 0 Å². The molecule has 0 aromatic heterocycles. The highest BCUT2D eigenvalue weighted by Gasteiger charge is 2.07. The maximum Gasteiger partial charge on any atom is 0.119 e. The molecule has 0 fully saturated rings. The van der Waals surface area contributed by atoms with E-state index in [1.807, 2.05) is 42.5 Å². The van der Waals surface area contributed by atoms with Crippen molar-refractivity contribution in [3.63, 3.8) is 0 Å². The number of hydrogen-bond donors (Lipinski definition) is 2. The van der Waals surface area contributed by atoms with Crippen LogP contribution in [-0.4, -0.2) is 24.9 Å². The Labute approximate surface area is 137 Å². The Morgan fingerprint density at radius 1 is 1.00 bits per heavy atom. The van der Waals surface area contributed by atoms with E-state index in [1.54, 1.807) is 0 Å². The van der Waals surface area contributed by atoms with Crippen LogP contribution < -0.4 is 10.5 Å². The molecular formula is C19H25NO3. The van der Waals surface area contributed by atoms with E-state index in [0.717, 1.165) is 17.7 Å². The minimum absolute atomic E-state index is 0.463.